The molecule has 7 nitrogen and oxygen atoms in total. The van der Waals surface area contributed by atoms with Crippen LogP contribution in [0, 0.1) is 5.82 Å². The third kappa shape index (κ3) is 5.12. The second-order valence-corrected chi connectivity index (χ2v) is 8.15. The highest BCUT2D eigenvalue weighted by atomic mass is 32.2. The van der Waals surface area contributed by atoms with E-state index < -0.39 is 23.5 Å². The van der Waals surface area contributed by atoms with Crippen molar-refractivity contribution >= 4 is 16.9 Å². The fourth-order valence-corrected chi connectivity index (χ4v) is 4.35. The van der Waals surface area contributed by atoms with Gasteiger partial charge in [-0.25, -0.2) is 12.9 Å². The molecule has 1 unspecified atom stereocenters. The summed E-state index contributed by atoms with van der Waals surface area (Å²) in [6, 6.07) is 12.6. The number of ether oxygens (including phenoxy) is 1. The van der Waals surface area contributed by atoms with E-state index in [4.69, 9.17) is 9.15 Å². The Kier molecular flexibility index (Phi) is 6.64. The van der Waals surface area contributed by atoms with Crippen LogP contribution >= 0.6 is 0 Å². The Morgan fingerprint density at radius 1 is 1.03 bits per heavy atom. The highest BCUT2D eigenvalue weighted by Gasteiger charge is 2.24. The highest BCUT2D eigenvalue weighted by molar-refractivity contribution is 7.84. The van der Waals surface area contributed by atoms with Crippen LogP contribution in [-0.2, 0) is 22.5 Å². The standard InChI is InChI=1S/C20H19F3N4O3S/c21-16-5-7-17(8-6-16)27(31(28)26-9-11-29-12-10-26)13-14-1-3-15(4-2-14)19-24-25-20(30-19)18(22)23/h1-8,18H,9-13H2. The Hall–Kier alpha value is -2.76. The van der Waals surface area contributed by atoms with Gasteiger partial charge in [-0.05, 0) is 42.0 Å². The van der Waals surface area contributed by atoms with E-state index in [1.807, 2.05) is 0 Å². The Balaban J connectivity index is 1.55. The van der Waals surface area contributed by atoms with E-state index in [0.717, 1.165) is 5.56 Å². The second kappa shape index (κ2) is 9.58. The zero-order chi connectivity index (χ0) is 21.8. The summed E-state index contributed by atoms with van der Waals surface area (Å²) >= 11 is -1.51. The summed E-state index contributed by atoms with van der Waals surface area (Å²) in [5.74, 6) is -1.12. The number of benzene rings is 2. The third-order valence-electron chi connectivity index (χ3n) is 4.65. The summed E-state index contributed by atoms with van der Waals surface area (Å²) in [6.45, 7) is 2.30. The summed E-state index contributed by atoms with van der Waals surface area (Å²) in [7, 11) is 0. The minimum absolute atomic E-state index is 0.00543. The van der Waals surface area contributed by atoms with E-state index in [9.17, 15) is 17.4 Å². The maximum Gasteiger partial charge on any atom is 0.314 e. The van der Waals surface area contributed by atoms with Crippen LogP contribution in [0.3, 0.4) is 0 Å². The van der Waals surface area contributed by atoms with Crippen molar-refractivity contribution in [3.63, 3.8) is 0 Å². The zero-order valence-electron chi connectivity index (χ0n) is 16.3. The first kappa shape index (κ1) is 21.5. The van der Waals surface area contributed by atoms with Gasteiger partial charge >= 0.3 is 6.43 Å². The van der Waals surface area contributed by atoms with Crippen molar-refractivity contribution in [1.29, 1.82) is 0 Å². The van der Waals surface area contributed by atoms with Gasteiger partial charge in [-0.15, -0.1) is 10.2 Å². The first-order valence-electron chi connectivity index (χ1n) is 9.50. The molecule has 2 heterocycles. The van der Waals surface area contributed by atoms with Crippen molar-refractivity contribution in [3.05, 3.63) is 65.8 Å². The maximum atomic E-state index is 13.4. The van der Waals surface area contributed by atoms with Gasteiger partial charge < -0.3 is 9.15 Å². The predicted molar refractivity (Wildman–Crippen MR) is 108 cm³/mol. The molecule has 1 fully saturated rings. The smallest absolute Gasteiger partial charge is 0.314 e. The van der Waals surface area contributed by atoms with Crippen LogP contribution in [0.25, 0.3) is 11.5 Å². The van der Waals surface area contributed by atoms with E-state index in [0.29, 0.717) is 37.6 Å². The molecule has 0 saturated carbocycles. The molecule has 1 aliphatic heterocycles. The van der Waals surface area contributed by atoms with Gasteiger partial charge in [-0.2, -0.15) is 8.78 Å². The maximum absolute atomic E-state index is 13.4. The average Bonchev–Trinajstić information content (AvgIpc) is 3.30. The summed E-state index contributed by atoms with van der Waals surface area (Å²) < 4.78 is 65.7. The molecule has 0 bridgehead atoms. The van der Waals surface area contributed by atoms with E-state index in [2.05, 4.69) is 10.2 Å². The first-order chi connectivity index (χ1) is 15.0. The van der Waals surface area contributed by atoms with Gasteiger partial charge in [0.25, 0.3) is 5.89 Å². The molecular weight excluding hydrogens is 433 g/mol. The number of alkyl halides is 2. The van der Waals surface area contributed by atoms with Gasteiger partial charge in [0, 0.05) is 18.7 Å². The van der Waals surface area contributed by atoms with Crippen molar-refractivity contribution < 1.29 is 26.5 Å². The molecule has 2 aromatic carbocycles. The quantitative estimate of drug-likeness (QED) is 0.546. The Morgan fingerprint density at radius 2 is 1.71 bits per heavy atom. The summed E-state index contributed by atoms with van der Waals surface area (Å²) in [5, 5.41) is 6.96. The van der Waals surface area contributed by atoms with Gasteiger partial charge in [-0.1, -0.05) is 12.1 Å². The number of halogens is 3. The molecule has 1 atom stereocenters. The molecule has 11 heteroatoms. The molecule has 1 saturated heterocycles. The lowest BCUT2D eigenvalue weighted by Gasteiger charge is -2.32. The molecule has 0 amide bonds. The number of rotatable bonds is 7. The summed E-state index contributed by atoms with van der Waals surface area (Å²) in [5.41, 5.74) is 1.91. The average molecular weight is 452 g/mol. The van der Waals surface area contributed by atoms with Crippen LogP contribution in [0.15, 0.2) is 52.9 Å². The van der Waals surface area contributed by atoms with Crippen molar-refractivity contribution in [2.45, 2.75) is 13.0 Å². The van der Waals surface area contributed by atoms with E-state index >= 15 is 0 Å². The fraction of sp³-hybridized carbons (Fsp3) is 0.300. The molecule has 1 aromatic heterocycles. The molecule has 0 aliphatic carbocycles. The topological polar surface area (TPSA) is 71.7 Å². The molecule has 1 aliphatic rings. The van der Waals surface area contributed by atoms with Crippen molar-refractivity contribution in [3.8, 4) is 11.5 Å². The van der Waals surface area contributed by atoms with Gasteiger partial charge in [0.1, 0.15) is 5.82 Å². The molecule has 0 spiro atoms. The Bertz CT molecular complexity index is 1020. The molecule has 0 N–H and O–H groups in total. The number of morpholine rings is 1. The van der Waals surface area contributed by atoms with Crippen molar-refractivity contribution in [2.75, 3.05) is 30.6 Å². The van der Waals surface area contributed by atoms with Gasteiger partial charge in [0.15, 0.2) is 11.2 Å². The van der Waals surface area contributed by atoms with Gasteiger partial charge in [-0.3, -0.25) is 4.31 Å². The Morgan fingerprint density at radius 3 is 2.32 bits per heavy atom. The fourth-order valence-electron chi connectivity index (χ4n) is 3.04. The molecule has 31 heavy (non-hydrogen) atoms. The van der Waals surface area contributed by atoms with E-state index in [-0.39, 0.29) is 18.3 Å². The molecule has 4 rings (SSSR count). The Labute approximate surface area is 179 Å². The lowest BCUT2D eigenvalue weighted by Crippen LogP contribution is -2.44. The molecule has 3 aromatic rings. The SMILES string of the molecule is O=S(N1CCOCC1)N(Cc1ccc(-c2nnc(C(F)F)o2)cc1)c1ccc(F)cc1. The summed E-state index contributed by atoms with van der Waals surface area (Å²) in [6.07, 6.45) is -2.83. The minimum atomic E-state index is -2.83. The highest BCUT2D eigenvalue weighted by Crippen LogP contribution is 2.25. The third-order valence-corrected chi connectivity index (χ3v) is 6.17. The lowest BCUT2D eigenvalue weighted by molar-refractivity contribution is 0.0751. The zero-order valence-corrected chi connectivity index (χ0v) is 17.1. The van der Waals surface area contributed by atoms with Gasteiger partial charge in [0.05, 0.1) is 25.4 Å². The number of anilines is 1. The number of aromatic nitrogens is 2. The van der Waals surface area contributed by atoms with Crippen LogP contribution in [0.4, 0.5) is 18.9 Å². The predicted octanol–water partition coefficient (Wildman–Crippen LogP) is 3.73. The monoisotopic (exact) mass is 452 g/mol. The normalized spacial score (nSPS) is 15.9. The number of hydrogen-bond acceptors (Lipinski definition) is 5. The summed E-state index contributed by atoms with van der Waals surface area (Å²) in [4.78, 5) is 0. The largest absolute Gasteiger partial charge is 0.415 e. The van der Waals surface area contributed by atoms with Gasteiger partial charge in [0.2, 0.25) is 5.89 Å². The van der Waals surface area contributed by atoms with Crippen LogP contribution < -0.4 is 4.31 Å². The second-order valence-electron chi connectivity index (χ2n) is 6.73. The van der Waals surface area contributed by atoms with Crippen LogP contribution in [-0.4, -0.2) is 45.0 Å². The number of hydrogen-bond donors (Lipinski definition) is 0. The first-order valence-corrected chi connectivity index (χ1v) is 10.6. The van der Waals surface area contributed by atoms with Crippen LogP contribution in [0.5, 0.6) is 0 Å². The molecule has 164 valence electrons. The number of nitrogens with zero attached hydrogens (tertiary/aromatic N) is 4. The molecule has 0 radical (unpaired) electrons. The van der Waals surface area contributed by atoms with E-state index in [1.165, 1.54) is 12.1 Å². The van der Waals surface area contributed by atoms with Crippen molar-refractivity contribution in [2.24, 2.45) is 0 Å². The lowest BCUT2D eigenvalue weighted by atomic mass is 10.1. The van der Waals surface area contributed by atoms with E-state index in [1.54, 1.807) is 45.0 Å². The minimum Gasteiger partial charge on any atom is -0.415 e. The molecular formula is C20H19F3N4O3S. The van der Waals surface area contributed by atoms with Crippen molar-refractivity contribution in [1.82, 2.24) is 14.5 Å². The van der Waals surface area contributed by atoms with Crippen LogP contribution in [0.2, 0.25) is 0 Å². The van der Waals surface area contributed by atoms with Crippen LogP contribution in [0.1, 0.15) is 17.9 Å².